The monoisotopic (exact) mass is 388 g/mol. The third kappa shape index (κ3) is 4.82. The van der Waals surface area contributed by atoms with Gasteiger partial charge in [-0.3, -0.25) is 15.0 Å². The zero-order valence-electron chi connectivity index (χ0n) is 14.5. The molecule has 5 N–H and O–H groups in total. The van der Waals surface area contributed by atoms with Crippen LogP contribution < -0.4 is 15.8 Å². The molecule has 2 heterocycles. The largest absolute Gasteiger partial charge is 0.491 e. The van der Waals surface area contributed by atoms with Crippen molar-refractivity contribution >= 4 is 29.0 Å². The standard InChI is InChI=1S/C18H20N4O4S/c19-16(20)14-8-21-18(27-14)10-1-4-13(5-2-10)26-9-12-7-11(17(25)22-12)3-6-15(23)24/h1-2,4-5,8,11-12H,3,6-7,9H2,(H3,19,20)(H,22,25)(H,23,24)/t11-,12+/m1/s1. The molecule has 0 aliphatic carbocycles. The van der Waals surface area contributed by atoms with Gasteiger partial charge in [0, 0.05) is 24.1 Å². The second kappa shape index (κ2) is 8.17. The van der Waals surface area contributed by atoms with Gasteiger partial charge in [-0.25, -0.2) is 4.98 Å². The molecule has 1 aliphatic heterocycles. The summed E-state index contributed by atoms with van der Waals surface area (Å²) in [5, 5.41) is 19.8. The van der Waals surface area contributed by atoms with Crippen molar-refractivity contribution in [3.63, 3.8) is 0 Å². The maximum Gasteiger partial charge on any atom is 0.303 e. The molecule has 0 bridgehead atoms. The normalized spacial score (nSPS) is 18.9. The van der Waals surface area contributed by atoms with Crippen molar-refractivity contribution in [1.29, 1.82) is 5.41 Å². The van der Waals surface area contributed by atoms with E-state index in [2.05, 4.69) is 10.3 Å². The lowest BCUT2D eigenvalue weighted by molar-refractivity contribution is -0.137. The van der Waals surface area contributed by atoms with Crippen LogP contribution in [0.15, 0.2) is 30.5 Å². The highest BCUT2D eigenvalue weighted by Gasteiger charge is 2.32. The number of hydrogen-bond donors (Lipinski definition) is 4. The molecule has 2 atom stereocenters. The highest BCUT2D eigenvalue weighted by atomic mass is 32.1. The van der Waals surface area contributed by atoms with Crippen LogP contribution in [0.5, 0.6) is 5.75 Å². The maximum atomic E-state index is 11.9. The van der Waals surface area contributed by atoms with E-state index in [4.69, 9.17) is 21.0 Å². The number of amides is 1. The van der Waals surface area contributed by atoms with Crippen LogP contribution in [-0.2, 0) is 9.59 Å². The zero-order valence-corrected chi connectivity index (χ0v) is 15.3. The third-order valence-corrected chi connectivity index (χ3v) is 5.40. The smallest absolute Gasteiger partial charge is 0.303 e. The van der Waals surface area contributed by atoms with Crippen LogP contribution in [0.4, 0.5) is 0 Å². The number of ether oxygens (including phenoxy) is 1. The van der Waals surface area contributed by atoms with Gasteiger partial charge in [-0.05, 0) is 37.1 Å². The molecular weight excluding hydrogens is 368 g/mol. The number of aromatic nitrogens is 1. The number of carbonyl (C=O) groups is 2. The van der Waals surface area contributed by atoms with Crippen LogP contribution in [0.3, 0.4) is 0 Å². The lowest BCUT2D eigenvalue weighted by Crippen LogP contribution is -2.31. The number of nitrogen functional groups attached to an aromatic ring is 1. The summed E-state index contributed by atoms with van der Waals surface area (Å²) >= 11 is 1.35. The van der Waals surface area contributed by atoms with Crippen LogP contribution in [0.1, 0.15) is 24.1 Å². The van der Waals surface area contributed by atoms with Gasteiger partial charge in [0.05, 0.1) is 10.9 Å². The van der Waals surface area contributed by atoms with E-state index in [1.54, 1.807) is 6.20 Å². The Bertz CT molecular complexity index is 849. The summed E-state index contributed by atoms with van der Waals surface area (Å²) in [6.07, 6.45) is 2.51. The molecule has 2 aromatic rings. The van der Waals surface area contributed by atoms with Gasteiger partial charge in [-0.2, -0.15) is 0 Å². The Labute approximate surface area is 159 Å². The van der Waals surface area contributed by atoms with Gasteiger partial charge in [-0.15, -0.1) is 11.3 Å². The van der Waals surface area contributed by atoms with Crippen LogP contribution in [0.25, 0.3) is 10.6 Å². The summed E-state index contributed by atoms with van der Waals surface area (Å²) in [7, 11) is 0. The summed E-state index contributed by atoms with van der Waals surface area (Å²) < 4.78 is 5.74. The molecule has 27 heavy (non-hydrogen) atoms. The summed E-state index contributed by atoms with van der Waals surface area (Å²) in [4.78, 5) is 27.4. The number of rotatable bonds is 8. The fourth-order valence-corrected chi connectivity index (χ4v) is 3.69. The zero-order chi connectivity index (χ0) is 19.4. The Balaban J connectivity index is 1.52. The first-order valence-electron chi connectivity index (χ1n) is 8.48. The second-order valence-electron chi connectivity index (χ2n) is 6.35. The number of nitrogens with one attached hydrogen (secondary N) is 2. The van der Waals surface area contributed by atoms with Gasteiger partial charge in [0.1, 0.15) is 23.2 Å². The van der Waals surface area contributed by atoms with E-state index in [1.807, 2.05) is 24.3 Å². The van der Waals surface area contributed by atoms with E-state index in [0.29, 0.717) is 30.1 Å². The average Bonchev–Trinajstić information content (AvgIpc) is 3.26. The fraction of sp³-hybridized carbons (Fsp3) is 0.333. The molecule has 0 saturated carbocycles. The number of aliphatic carboxylic acids is 1. The van der Waals surface area contributed by atoms with E-state index in [1.165, 1.54) is 11.3 Å². The fourth-order valence-electron chi connectivity index (χ4n) is 2.91. The summed E-state index contributed by atoms with van der Waals surface area (Å²) in [5.41, 5.74) is 6.36. The van der Waals surface area contributed by atoms with Gasteiger partial charge in [0.25, 0.3) is 0 Å². The minimum absolute atomic E-state index is 0.000951. The highest BCUT2D eigenvalue weighted by molar-refractivity contribution is 7.16. The maximum absolute atomic E-state index is 11.9. The van der Waals surface area contributed by atoms with E-state index < -0.39 is 5.97 Å². The van der Waals surface area contributed by atoms with Gasteiger partial charge in [0.2, 0.25) is 5.91 Å². The quantitative estimate of drug-likeness (QED) is 0.402. The number of thiazole rings is 1. The molecule has 8 nitrogen and oxygen atoms in total. The van der Waals surface area contributed by atoms with Crippen molar-refractivity contribution in [3.05, 3.63) is 35.3 Å². The van der Waals surface area contributed by atoms with Crippen molar-refractivity contribution in [1.82, 2.24) is 10.3 Å². The number of amidine groups is 1. The first-order chi connectivity index (χ1) is 12.9. The van der Waals surface area contributed by atoms with E-state index in [0.717, 1.165) is 10.6 Å². The Morgan fingerprint density at radius 1 is 1.41 bits per heavy atom. The van der Waals surface area contributed by atoms with E-state index >= 15 is 0 Å². The second-order valence-corrected chi connectivity index (χ2v) is 7.38. The van der Waals surface area contributed by atoms with Gasteiger partial charge in [-0.1, -0.05) is 0 Å². The lowest BCUT2D eigenvalue weighted by atomic mass is 9.99. The predicted molar refractivity (Wildman–Crippen MR) is 101 cm³/mol. The summed E-state index contributed by atoms with van der Waals surface area (Å²) in [6.45, 7) is 0.334. The van der Waals surface area contributed by atoms with Gasteiger partial charge in [0.15, 0.2) is 0 Å². The van der Waals surface area contributed by atoms with Gasteiger partial charge < -0.3 is 20.9 Å². The molecule has 142 valence electrons. The first-order valence-corrected chi connectivity index (χ1v) is 9.29. The van der Waals surface area contributed by atoms with Crippen LogP contribution in [0.2, 0.25) is 0 Å². The molecule has 0 unspecified atom stereocenters. The predicted octanol–water partition coefficient (Wildman–Crippen LogP) is 1.84. The first kappa shape index (κ1) is 18.8. The summed E-state index contributed by atoms with van der Waals surface area (Å²) in [6, 6.07) is 7.28. The molecule has 1 aromatic heterocycles. The third-order valence-electron chi connectivity index (χ3n) is 4.32. The van der Waals surface area contributed by atoms with Gasteiger partial charge >= 0.3 is 5.97 Å². The molecule has 1 fully saturated rings. The molecule has 1 saturated heterocycles. The molecule has 3 rings (SSSR count). The Kier molecular flexibility index (Phi) is 5.70. The van der Waals surface area contributed by atoms with E-state index in [9.17, 15) is 9.59 Å². The Hall–Kier alpha value is -2.94. The number of carboxylic acids is 1. The molecule has 1 amide bonds. The minimum atomic E-state index is -0.891. The van der Waals surface area contributed by atoms with Crippen molar-refractivity contribution in [2.45, 2.75) is 25.3 Å². The number of nitrogens with zero attached hydrogens (tertiary/aromatic N) is 1. The topological polar surface area (TPSA) is 138 Å². The molecule has 9 heteroatoms. The van der Waals surface area contributed by atoms with Crippen LogP contribution >= 0.6 is 11.3 Å². The Morgan fingerprint density at radius 3 is 2.78 bits per heavy atom. The number of benzene rings is 1. The number of hydrogen-bond acceptors (Lipinski definition) is 6. The Morgan fingerprint density at radius 2 is 2.15 bits per heavy atom. The molecule has 1 aromatic carbocycles. The SMILES string of the molecule is N=C(N)c1cnc(-c2ccc(OC[C@@H]3C[C@@H](CCC(=O)O)C(=O)N3)cc2)s1. The van der Waals surface area contributed by atoms with Crippen molar-refractivity contribution < 1.29 is 19.4 Å². The van der Waals surface area contributed by atoms with Crippen LogP contribution in [-0.4, -0.2) is 40.5 Å². The molecule has 1 aliphatic rings. The average molecular weight is 388 g/mol. The highest BCUT2D eigenvalue weighted by Crippen LogP contribution is 2.27. The van der Waals surface area contributed by atoms with Crippen LogP contribution in [0, 0.1) is 11.3 Å². The number of carboxylic acid groups (broad SMARTS) is 1. The number of carbonyl (C=O) groups excluding carboxylic acids is 1. The molecule has 0 radical (unpaired) electrons. The lowest BCUT2D eigenvalue weighted by Gasteiger charge is -2.12. The summed E-state index contributed by atoms with van der Waals surface area (Å²) in [5.74, 6) is -0.592. The van der Waals surface area contributed by atoms with Crippen molar-refractivity contribution in [2.24, 2.45) is 11.7 Å². The minimum Gasteiger partial charge on any atom is -0.491 e. The molecular formula is C18H20N4O4S. The van der Waals surface area contributed by atoms with Crippen molar-refractivity contribution in [3.8, 4) is 16.3 Å². The molecule has 0 spiro atoms. The van der Waals surface area contributed by atoms with Crippen molar-refractivity contribution in [2.75, 3.05) is 6.61 Å². The van der Waals surface area contributed by atoms with E-state index in [-0.39, 0.29) is 30.1 Å². The number of nitrogens with two attached hydrogens (primary N) is 1.